The van der Waals surface area contributed by atoms with E-state index in [0.717, 1.165) is 35.4 Å². The van der Waals surface area contributed by atoms with Crippen molar-refractivity contribution < 1.29 is 126 Å². The number of rotatable bonds is 28. The average molecular weight is 1680 g/mol. The molecule has 2 bridgehead atoms. The number of carbonyl (C=O) groups excluding carboxylic acids is 17. The molecular weight excluding hydrogens is 1580 g/mol. The minimum atomic E-state index is -2.11. The van der Waals surface area contributed by atoms with Gasteiger partial charge >= 0.3 is 23.9 Å². The lowest BCUT2D eigenvalue weighted by Crippen LogP contribution is -2.62. The van der Waals surface area contributed by atoms with Gasteiger partial charge in [-0.15, -0.1) is 0 Å². The van der Waals surface area contributed by atoms with E-state index in [1.807, 2.05) is 5.32 Å². The summed E-state index contributed by atoms with van der Waals surface area (Å²) in [5.74, 6) is -32.5. The fraction of sp³-hybridized carbons (Fsp3) is 0.677. The van der Waals surface area contributed by atoms with Crippen molar-refractivity contribution in [3.8, 4) is 0 Å². The minimum Gasteiger partial charge on any atom is -0.481 e. The zero-order chi connectivity index (χ0) is 86.0. The molecule has 3 aliphatic heterocycles. The maximum atomic E-state index is 14.9. The number of primary amides is 2. The molecule has 0 radical (unpaired) electrons. The number of aliphatic hydroxyl groups is 1. The van der Waals surface area contributed by atoms with E-state index in [0.29, 0.717) is 21.6 Å². The van der Waals surface area contributed by atoms with Crippen LogP contribution in [-0.4, -0.2) is 276 Å². The van der Waals surface area contributed by atoms with E-state index in [1.54, 1.807) is 27.7 Å². The summed E-state index contributed by atoms with van der Waals surface area (Å²) >= 11 is 0. The molecular formula is C65H104N18O26S4. The number of aliphatic hydroxyl groups excluding tert-OH is 1. The third-order valence-corrected chi connectivity index (χ3v) is 21.3. The first kappa shape index (κ1) is 99.3. The second-order valence-electron chi connectivity index (χ2n) is 28.0. The topological polar surface area (TPSA) is 718 Å². The number of aliphatic carboxylic acids is 4. The van der Waals surface area contributed by atoms with Crippen molar-refractivity contribution in [2.45, 2.75) is 224 Å². The van der Waals surface area contributed by atoms with E-state index >= 15 is 0 Å². The number of carboxylic acids is 4. The van der Waals surface area contributed by atoms with Crippen LogP contribution in [0.3, 0.4) is 0 Å². The number of hydrogen-bond donors (Lipinski definition) is 23. The summed E-state index contributed by atoms with van der Waals surface area (Å²) in [5, 5.41) is 85.4. The quantitative estimate of drug-likeness (QED) is 0.0256. The molecule has 48 heteroatoms. The van der Waals surface area contributed by atoms with Crippen molar-refractivity contribution in [2.24, 2.45) is 40.9 Å². The van der Waals surface area contributed by atoms with Gasteiger partial charge in [0.1, 0.15) is 84.6 Å². The van der Waals surface area contributed by atoms with Crippen molar-refractivity contribution in [3.63, 3.8) is 0 Å². The highest BCUT2D eigenvalue weighted by atomic mass is 33.1. The van der Waals surface area contributed by atoms with Crippen LogP contribution in [0.2, 0.25) is 0 Å². The largest absolute Gasteiger partial charge is 0.481 e. The number of carbonyl (C=O) groups is 21. The molecule has 17 amide bonds. The fourth-order valence-corrected chi connectivity index (χ4v) is 15.0. The van der Waals surface area contributed by atoms with E-state index in [9.17, 15) is 126 Å². The Morgan fingerprint density at radius 1 is 0.469 bits per heavy atom. The van der Waals surface area contributed by atoms with Crippen molar-refractivity contribution in [2.75, 3.05) is 29.6 Å². The van der Waals surface area contributed by atoms with Gasteiger partial charge in [0.2, 0.25) is 100 Å². The summed E-state index contributed by atoms with van der Waals surface area (Å²) in [6.07, 6.45) is -8.77. The lowest BCUT2D eigenvalue weighted by molar-refractivity contribution is -0.143. The molecule has 113 heavy (non-hydrogen) atoms. The summed E-state index contributed by atoms with van der Waals surface area (Å²) in [6.45, 7) is 13.3. The molecule has 3 fully saturated rings. The van der Waals surface area contributed by atoms with Crippen molar-refractivity contribution in [3.05, 3.63) is 0 Å². The molecule has 0 saturated carbocycles. The molecule has 3 rings (SSSR count). The third kappa shape index (κ3) is 36.7. The Kier molecular flexibility index (Phi) is 43.0. The molecule has 3 aliphatic rings. The third-order valence-electron chi connectivity index (χ3n) is 16.4. The van der Waals surface area contributed by atoms with Crippen LogP contribution in [0.4, 0.5) is 0 Å². The van der Waals surface area contributed by atoms with Gasteiger partial charge in [-0.2, -0.15) is 0 Å². The van der Waals surface area contributed by atoms with Gasteiger partial charge < -0.3 is 122 Å². The smallest absolute Gasteiger partial charge is 0.326 e. The number of amides is 17. The number of carboxylic acid groups (broad SMARTS) is 4. The van der Waals surface area contributed by atoms with Crippen LogP contribution < -0.4 is 97.0 Å². The molecule has 0 spiro atoms. The average Bonchev–Trinajstić information content (AvgIpc) is 0.954. The predicted molar refractivity (Wildman–Crippen MR) is 405 cm³/mol. The molecule has 3 heterocycles. The molecule has 5 unspecified atom stereocenters. The summed E-state index contributed by atoms with van der Waals surface area (Å²) in [5.41, 5.74) is 16.4. The van der Waals surface area contributed by atoms with Gasteiger partial charge in [0.25, 0.3) is 0 Å². The van der Waals surface area contributed by atoms with Gasteiger partial charge in [0.15, 0.2) is 0 Å². The molecule has 3 saturated heterocycles. The van der Waals surface area contributed by atoms with Gasteiger partial charge in [-0.1, -0.05) is 98.6 Å². The van der Waals surface area contributed by atoms with Gasteiger partial charge in [-0.3, -0.25) is 95.9 Å². The summed E-state index contributed by atoms with van der Waals surface area (Å²) in [4.78, 5) is 288. The Labute approximate surface area is 664 Å². The van der Waals surface area contributed by atoms with Crippen LogP contribution >= 0.6 is 43.2 Å². The van der Waals surface area contributed by atoms with Crippen LogP contribution in [-0.2, 0) is 101 Å². The maximum absolute atomic E-state index is 14.9. The van der Waals surface area contributed by atoms with Gasteiger partial charge in [-0.25, -0.2) is 4.79 Å². The first-order valence-electron chi connectivity index (χ1n) is 35.5. The molecule has 0 aromatic carbocycles. The number of nitrogens with two attached hydrogens (primary N) is 3. The van der Waals surface area contributed by atoms with Crippen LogP contribution in [0.25, 0.3) is 0 Å². The first-order valence-corrected chi connectivity index (χ1v) is 40.5. The van der Waals surface area contributed by atoms with E-state index in [4.69, 9.17) is 17.2 Å². The van der Waals surface area contributed by atoms with Gasteiger partial charge in [-0.05, 0) is 63.2 Å². The minimum absolute atomic E-state index is 0.111. The molecule has 44 nitrogen and oxygen atoms in total. The molecule has 634 valence electrons. The summed E-state index contributed by atoms with van der Waals surface area (Å²) < 4.78 is 0. The van der Waals surface area contributed by atoms with Crippen molar-refractivity contribution >= 4 is 167 Å². The van der Waals surface area contributed by atoms with Gasteiger partial charge in [0, 0.05) is 35.9 Å². The Hall–Kier alpha value is -9.81. The molecule has 26 N–H and O–H groups in total. The highest BCUT2D eigenvalue weighted by molar-refractivity contribution is 8.77. The van der Waals surface area contributed by atoms with E-state index in [-0.39, 0.29) is 18.8 Å². The van der Waals surface area contributed by atoms with Crippen LogP contribution in [0.5, 0.6) is 0 Å². The molecule has 16 atom stereocenters. The van der Waals surface area contributed by atoms with Crippen LogP contribution in [0, 0.1) is 23.7 Å². The van der Waals surface area contributed by atoms with Gasteiger partial charge in [0.05, 0.1) is 38.0 Å². The van der Waals surface area contributed by atoms with Crippen LogP contribution in [0.15, 0.2) is 0 Å². The van der Waals surface area contributed by atoms with Crippen molar-refractivity contribution in [1.29, 1.82) is 0 Å². The lowest BCUT2D eigenvalue weighted by Gasteiger charge is -2.29. The summed E-state index contributed by atoms with van der Waals surface area (Å²) in [6, 6.07) is -27.7. The van der Waals surface area contributed by atoms with Crippen LogP contribution in [0.1, 0.15) is 127 Å². The first-order chi connectivity index (χ1) is 52.6. The molecule has 0 aliphatic carbocycles. The Balaban J connectivity index is 3.28. The second kappa shape index (κ2) is 49.0. The predicted octanol–water partition coefficient (Wildman–Crippen LogP) is -8.15. The normalized spacial score (nSPS) is 24.5. The highest BCUT2D eigenvalue weighted by Crippen LogP contribution is 2.26. The van der Waals surface area contributed by atoms with Crippen molar-refractivity contribution in [1.82, 2.24) is 79.8 Å². The van der Waals surface area contributed by atoms with E-state index < -0.39 is 313 Å². The molecule has 0 aromatic rings. The van der Waals surface area contributed by atoms with E-state index in [1.165, 1.54) is 27.7 Å². The zero-order valence-electron chi connectivity index (χ0n) is 63.6. The van der Waals surface area contributed by atoms with E-state index in [2.05, 4.69) is 74.4 Å². The second-order valence-corrected chi connectivity index (χ2v) is 33.1. The highest BCUT2D eigenvalue weighted by Gasteiger charge is 2.41. The fourth-order valence-electron chi connectivity index (χ4n) is 10.4. The Morgan fingerprint density at radius 3 is 1.48 bits per heavy atom. The number of hydrogen-bond acceptors (Lipinski definition) is 27. The maximum Gasteiger partial charge on any atom is 0.326 e. The Bertz CT molecular complexity index is 3490. The number of fused-ring (bicyclic) bond motifs is 37. The summed E-state index contributed by atoms with van der Waals surface area (Å²) in [7, 11) is 2.59. The SMILES string of the molecule is CC(C)C[C@H](NC(=O)[C@@H]1CSSC[C@@H]2NC(=O)[C@H](CC(C)C)NC(=O)C(CCC(=O)O)NC(=O)C(NC(=O)[C@H](CCC(=O)O)NC(=O)[C@H](CC(=O)O)NC(=O)[C@@H](N)CC(N)=O)CSSC[C@H](NC(=O)[C@H](C)NC(=O)C(C(C)C)NC(=O)C(CC(N)=O)NC(=O)[C@H](C(C)C)NC2=O)C(=O)NC([C@@H](C)O)C(=O)NCC(=O)N1)C(=O)O. The Morgan fingerprint density at radius 2 is 0.965 bits per heavy atom. The standard InChI is InChI=1S/C65H104N18O26S4/c1-25(2)15-34-55(98)80-41-24-113-110-21-38(58(101)77-37(65(108)109)16-26(3)4)71-44(87)20-69-62(105)50(30(10)84)83-61(104)40(78-51(94)29(9)70-63(106)48(27(5)6)81-57(100)35(18-43(68)86)76-64(107)49(28(7)8)82-60(41)103)23-112-111-22-39(59(102)73-32(53(96)75-34)11-13-45(88)89)79-54(97)33(12-14-46(90)91)72-56(99)36(19-47(92)93)74-52(95)31(66)17-42(67)85/h25-41,48-50,84H,11-24,66H2,1-10H3,(H2,67,85)(H2,68,86)(H,69,105)(H,70,106)(H,71,87)(H,72,99)(H,73,102)(H,74,95)(H,75,96)(H,76,107)(H,77,101)(H,78,94)(H,79,97)(H,80,98)(H,81,100)(H,82,103)(H,83,104)(H,88,89)(H,90,91)(H,92,93)(H,108,109)/t29-,30+,31-,32?,33-,34-,35?,36-,37-,38-,39?,40-,41-,48?,49-,50?/m0/s1. The zero-order valence-corrected chi connectivity index (χ0v) is 66.9. The molecule has 0 aromatic heterocycles. The lowest BCUT2D eigenvalue weighted by atomic mass is 10.00. The number of nitrogens with one attached hydrogen (secondary N) is 15. The monoisotopic (exact) mass is 1680 g/mol.